The second-order valence-corrected chi connectivity index (χ2v) is 7.25. The topological polar surface area (TPSA) is 50.9 Å². The van der Waals surface area contributed by atoms with Crippen molar-refractivity contribution >= 4 is 11.5 Å². The van der Waals surface area contributed by atoms with E-state index in [0.29, 0.717) is 5.71 Å². The molecule has 1 fully saturated rings. The number of aromatic nitrogens is 1. The van der Waals surface area contributed by atoms with Gasteiger partial charge in [-0.25, -0.2) is 4.98 Å². The summed E-state index contributed by atoms with van der Waals surface area (Å²) in [6.07, 6.45) is 0.195. The molecule has 1 aromatic carbocycles. The van der Waals surface area contributed by atoms with Crippen LogP contribution in [0, 0.1) is 0 Å². The number of nitrogens with zero attached hydrogens (tertiary/aromatic N) is 2. The second kappa shape index (κ2) is 9.26. The highest BCUT2D eigenvalue weighted by molar-refractivity contribution is 5.99. The number of hydrazone groups is 1. The Hall–Kier alpha value is -2.61. The highest BCUT2D eigenvalue weighted by Crippen LogP contribution is 2.28. The molecule has 5 nitrogen and oxygen atoms in total. The number of alkyl halides is 3. The fourth-order valence-electron chi connectivity index (χ4n) is 3.47. The van der Waals surface area contributed by atoms with Crippen LogP contribution < -0.4 is 15.1 Å². The minimum absolute atomic E-state index is 0.254. The van der Waals surface area contributed by atoms with Crippen LogP contribution in [-0.2, 0) is 12.7 Å². The molecule has 1 aliphatic rings. The van der Waals surface area contributed by atoms with Gasteiger partial charge in [0.05, 0.1) is 31.5 Å². The summed E-state index contributed by atoms with van der Waals surface area (Å²) < 4.78 is 43.4. The highest BCUT2D eigenvalue weighted by Gasteiger charge is 2.30. The third kappa shape index (κ3) is 5.69. The van der Waals surface area contributed by atoms with Gasteiger partial charge in [-0.15, -0.1) is 0 Å². The number of methoxy groups -OCH3 is 1. The highest BCUT2D eigenvalue weighted by atomic mass is 19.4. The summed E-state index contributed by atoms with van der Waals surface area (Å²) in [5.41, 5.74) is 4.70. The Morgan fingerprint density at radius 2 is 1.93 bits per heavy atom. The van der Waals surface area contributed by atoms with Crippen molar-refractivity contribution in [1.29, 1.82) is 0 Å². The Morgan fingerprint density at radius 3 is 2.55 bits per heavy atom. The third-order valence-corrected chi connectivity index (χ3v) is 5.13. The molecule has 1 aromatic heterocycles. The number of hydrogen-bond donors (Lipinski definition) is 2. The number of likely N-dealkylation sites (tertiary alicyclic amines) is 1. The van der Waals surface area contributed by atoms with E-state index in [4.69, 9.17) is 4.74 Å². The summed E-state index contributed by atoms with van der Waals surface area (Å²) in [4.78, 5) is 5.32. The zero-order valence-corrected chi connectivity index (χ0v) is 16.6. The number of hydrogen-bond acceptors (Lipinski definition) is 4. The fourth-order valence-corrected chi connectivity index (χ4v) is 3.47. The van der Waals surface area contributed by atoms with Gasteiger partial charge in [0, 0.05) is 11.8 Å². The van der Waals surface area contributed by atoms with Gasteiger partial charge in [0.2, 0.25) is 0 Å². The normalized spacial score (nSPS) is 16.0. The lowest BCUT2D eigenvalue weighted by molar-refractivity contribution is -0.918. The van der Waals surface area contributed by atoms with Crippen molar-refractivity contribution < 1.29 is 22.8 Å². The lowest BCUT2D eigenvalue weighted by Gasteiger charge is -2.24. The number of rotatable bonds is 6. The quantitative estimate of drug-likeness (QED) is 0.569. The first-order valence-corrected chi connectivity index (χ1v) is 9.71. The molecular formula is C21H26F3N4O+. The molecule has 0 saturated carbocycles. The van der Waals surface area contributed by atoms with Crippen LogP contribution in [0.5, 0.6) is 5.75 Å². The molecule has 2 heterocycles. The maximum Gasteiger partial charge on any atom is 0.417 e. The average molecular weight is 407 g/mol. The maximum absolute atomic E-state index is 12.6. The molecule has 0 amide bonds. The van der Waals surface area contributed by atoms with Gasteiger partial charge in [-0.1, -0.05) is 0 Å². The first-order chi connectivity index (χ1) is 13.9. The van der Waals surface area contributed by atoms with E-state index in [1.807, 2.05) is 19.1 Å². The summed E-state index contributed by atoms with van der Waals surface area (Å²) in [6.45, 7) is 5.08. The largest absolute Gasteiger partial charge is 0.496 e. The first kappa shape index (κ1) is 21.1. The standard InChI is InChI=1S/C21H25F3N4O/c1-15(26-27-20-9-7-18(13-25-20)21(22,23)24)16-6-8-19(29-2)17(12-16)14-28-10-4-3-5-11-28/h6-9,12-13H,3-5,10-11,14H2,1-2H3,(H,25,27)/p+1/b26-15-. The average Bonchev–Trinajstić information content (AvgIpc) is 2.72. The summed E-state index contributed by atoms with van der Waals surface area (Å²) in [5, 5.41) is 4.28. The number of nitrogens with one attached hydrogen (secondary N) is 2. The zero-order valence-electron chi connectivity index (χ0n) is 16.6. The smallest absolute Gasteiger partial charge is 0.417 e. The van der Waals surface area contributed by atoms with Crippen LogP contribution >= 0.6 is 0 Å². The van der Waals surface area contributed by atoms with Gasteiger partial charge in [0.15, 0.2) is 0 Å². The van der Waals surface area contributed by atoms with Gasteiger partial charge >= 0.3 is 6.18 Å². The number of pyridine rings is 1. The number of ether oxygens (including phenoxy) is 1. The summed E-state index contributed by atoms with van der Waals surface area (Å²) in [6, 6.07) is 8.17. The van der Waals surface area contributed by atoms with Crippen molar-refractivity contribution in [1.82, 2.24) is 4.98 Å². The number of halogens is 3. The van der Waals surface area contributed by atoms with E-state index in [-0.39, 0.29) is 5.82 Å². The van der Waals surface area contributed by atoms with E-state index < -0.39 is 11.7 Å². The van der Waals surface area contributed by atoms with Crippen LogP contribution in [0.2, 0.25) is 0 Å². The molecule has 0 bridgehead atoms. The lowest BCUT2D eigenvalue weighted by atomic mass is 10.0. The Balaban J connectivity index is 1.72. The van der Waals surface area contributed by atoms with Crippen LogP contribution in [0.15, 0.2) is 41.6 Å². The zero-order chi connectivity index (χ0) is 20.9. The van der Waals surface area contributed by atoms with Crippen LogP contribution in [0.1, 0.15) is 42.9 Å². The van der Waals surface area contributed by atoms with Gasteiger partial charge in [0.1, 0.15) is 18.1 Å². The van der Waals surface area contributed by atoms with Crippen molar-refractivity contribution in [3.63, 3.8) is 0 Å². The minimum Gasteiger partial charge on any atom is -0.496 e. The molecule has 1 saturated heterocycles. The summed E-state index contributed by atoms with van der Waals surface area (Å²) in [7, 11) is 1.67. The summed E-state index contributed by atoms with van der Waals surface area (Å²) in [5.74, 6) is 1.11. The molecule has 8 heteroatoms. The van der Waals surface area contributed by atoms with Gasteiger partial charge in [0.25, 0.3) is 0 Å². The molecule has 2 N–H and O–H groups in total. The van der Waals surface area contributed by atoms with E-state index in [0.717, 1.165) is 35.7 Å². The van der Waals surface area contributed by atoms with Crippen LogP contribution in [0.4, 0.5) is 19.0 Å². The van der Waals surface area contributed by atoms with E-state index in [1.54, 1.807) is 12.0 Å². The minimum atomic E-state index is -4.40. The van der Waals surface area contributed by atoms with Crippen molar-refractivity contribution in [3.05, 3.63) is 53.2 Å². The molecular weight excluding hydrogens is 381 g/mol. The van der Waals surface area contributed by atoms with Gasteiger partial charge < -0.3 is 9.64 Å². The maximum atomic E-state index is 12.6. The Kier molecular flexibility index (Phi) is 6.74. The van der Waals surface area contributed by atoms with E-state index >= 15 is 0 Å². The van der Waals surface area contributed by atoms with Crippen molar-refractivity contribution in [3.8, 4) is 5.75 Å². The molecule has 29 heavy (non-hydrogen) atoms. The van der Waals surface area contributed by atoms with Crippen molar-refractivity contribution in [2.45, 2.75) is 38.9 Å². The molecule has 1 aliphatic heterocycles. The molecule has 0 spiro atoms. The molecule has 3 rings (SSSR count). The van der Waals surface area contributed by atoms with Crippen molar-refractivity contribution in [2.75, 3.05) is 25.6 Å². The van der Waals surface area contributed by atoms with E-state index in [2.05, 4.69) is 21.6 Å². The third-order valence-electron chi connectivity index (χ3n) is 5.13. The molecule has 2 aromatic rings. The van der Waals surface area contributed by atoms with Gasteiger partial charge in [-0.2, -0.15) is 18.3 Å². The molecule has 156 valence electrons. The second-order valence-electron chi connectivity index (χ2n) is 7.25. The Labute approximate surface area is 168 Å². The van der Waals surface area contributed by atoms with E-state index in [1.165, 1.54) is 38.4 Å². The number of anilines is 1. The predicted octanol–water partition coefficient (Wildman–Crippen LogP) is 3.51. The van der Waals surface area contributed by atoms with Crippen LogP contribution in [0.25, 0.3) is 0 Å². The molecule has 0 radical (unpaired) electrons. The monoisotopic (exact) mass is 407 g/mol. The predicted molar refractivity (Wildman–Crippen MR) is 106 cm³/mol. The number of piperidine rings is 1. The lowest BCUT2D eigenvalue weighted by Crippen LogP contribution is -3.11. The van der Waals surface area contributed by atoms with Crippen molar-refractivity contribution in [2.24, 2.45) is 5.10 Å². The molecule has 0 unspecified atom stereocenters. The molecule has 0 aliphatic carbocycles. The van der Waals surface area contributed by atoms with Crippen LogP contribution in [-0.4, -0.2) is 30.9 Å². The fraction of sp³-hybridized carbons (Fsp3) is 0.429. The Morgan fingerprint density at radius 1 is 1.17 bits per heavy atom. The van der Waals surface area contributed by atoms with Gasteiger partial charge in [-0.05, 0) is 62.1 Å². The number of benzene rings is 1. The van der Waals surface area contributed by atoms with E-state index in [9.17, 15) is 13.2 Å². The number of quaternary nitrogens is 1. The Bertz CT molecular complexity index is 844. The summed E-state index contributed by atoms with van der Waals surface area (Å²) >= 11 is 0. The SMILES string of the molecule is COc1ccc(/C(C)=N\Nc2ccc(C(F)(F)F)cn2)cc1C[NH+]1CCCCC1. The van der Waals surface area contributed by atoms with Gasteiger partial charge in [-0.3, -0.25) is 5.43 Å². The first-order valence-electron chi connectivity index (χ1n) is 9.71. The molecule has 0 atom stereocenters. The van der Waals surface area contributed by atoms with Crippen LogP contribution in [0.3, 0.4) is 0 Å².